The molecule has 2 aromatic rings. The Labute approximate surface area is 121 Å². The van der Waals surface area contributed by atoms with Gasteiger partial charge >= 0.3 is 0 Å². The third kappa shape index (κ3) is 3.46. The molecule has 0 atom stereocenters. The van der Waals surface area contributed by atoms with Gasteiger partial charge < -0.3 is 9.73 Å². The molecule has 106 valence electrons. The van der Waals surface area contributed by atoms with Crippen LogP contribution in [0.5, 0.6) is 0 Å². The first-order valence-corrected chi connectivity index (χ1v) is 7.55. The van der Waals surface area contributed by atoms with Gasteiger partial charge in [0.2, 0.25) is 11.8 Å². The summed E-state index contributed by atoms with van der Waals surface area (Å²) in [5.74, 6) is 0.725. The second-order valence-corrected chi connectivity index (χ2v) is 6.08. The highest BCUT2D eigenvalue weighted by Crippen LogP contribution is 2.23. The van der Waals surface area contributed by atoms with Crippen molar-refractivity contribution in [2.75, 3.05) is 13.6 Å². The van der Waals surface area contributed by atoms with Gasteiger partial charge in [0.1, 0.15) is 6.26 Å². The smallest absolute Gasteiger partial charge is 0.236 e. The minimum atomic E-state index is 0.0805. The average Bonchev–Trinajstić information content (AvgIpc) is 2.92. The average molecular weight is 291 g/mol. The number of thiophene rings is 1. The van der Waals surface area contributed by atoms with Gasteiger partial charge in [-0.3, -0.25) is 9.69 Å². The van der Waals surface area contributed by atoms with E-state index < -0.39 is 0 Å². The van der Waals surface area contributed by atoms with Crippen LogP contribution in [-0.4, -0.2) is 35.4 Å². The van der Waals surface area contributed by atoms with Crippen LogP contribution in [0.25, 0.3) is 10.8 Å². The number of amides is 1. The van der Waals surface area contributed by atoms with Crippen molar-refractivity contribution >= 4 is 17.2 Å². The molecule has 6 heteroatoms. The molecule has 20 heavy (non-hydrogen) atoms. The zero-order chi connectivity index (χ0) is 13.9. The van der Waals surface area contributed by atoms with Gasteiger partial charge in [-0.25, -0.2) is 4.98 Å². The fourth-order valence-electron chi connectivity index (χ4n) is 1.97. The van der Waals surface area contributed by atoms with Gasteiger partial charge in [-0.15, -0.1) is 11.3 Å². The first kappa shape index (κ1) is 13.3. The molecule has 0 spiro atoms. The lowest BCUT2D eigenvalue weighted by Gasteiger charge is -2.14. The molecule has 2 heterocycles. The standard InChI is InChI=1S/C14H17N3O2S/c1-17(8-13(18)15-10-4-5-10)7-11-9-19-14(16-11)12-3-2-6-20-12/h2-3,6,9-10H,4-5,7-8H2,1H3,(H,15,18). The molecule has 0 bridgehead atoms. The maximum absolute atomic E-state index is 11.7. The number of likely N-dealkylation sites (N-methyl/N-ethyl adjacent to an activating group) is 1. The summed E-state index contributed by atoms with van der Waals surface area (Å²) in [5, 5.41) is 4.97. The number of nitrogens with zero attached hydrogens (tertiary/aromatic N) is 2. The van der Waals surface area contributed by atoms with Gasteiger partial charge in [-0.2, -0.15) is 0 Å². The first-order chi connectivity index (χ1) is 9.70. The van der Waals surface area contributed by atoms with Crippen LogP contribution < -0.4 is 5.32 Å². The molecule has 1 amide bonds. The molecule has 2 aromatic heterocycles. The Hall–Kier alpha value is -1.66. The van der Waals surface area contributed by atoms with Crippen molar-refractivity contribution in [1.82, 2.24) is 15.2 Å². The molecule has 0 aromatic carbocycles. The van der Waals surface area contributed by atoms with Gasteiger partial charge in [-0.05, 0) is 31.3 Å². The van der Waals surface area contributed by atoms with Crippen molar-refractivity contribution in [3.8, 4) is 10.8 Å². The maximum atomic E-state index is 11.7. The summed E-state index contributed by atoms with van der Waals surface area (Å²) in [7, 11) is 1.91. The number of hydrogen-bond donors (Lipinski definition) is 1. The Balaban J connectivity index is 1.53. The third-order valence-electron chi connectivity index (χ3n) is 3.07. The van der Waals surface area contributed by atoms with E-state index in [1.807, 2.05) is 29.5 Å². The second-order valence-electron chi connectivity index (χ2n) is 5.14. The van der Waals surface area contributed by atoms with Gasteiger partial charge in [0.05, 0.1) is 17.1 Å². The summed E-state index contributed by atoms with van der Waals surface area (Å²) in [4.78, 5) is 19.1. The Morgan fingerprint density at radius 1 is 1.60 bits per heavy atom. The lowest BCUT2D eigenvalue weighted by Crippen LogP contribution is -2.35. The number of nitrogens with one attached hydrogen (secondary N) is 1. The molecule has 1 saturated carbocycles. The molecule has 5 nitrogen and oxygen atoms in total. The van der Waals surface area contributed by atoms with Crippen LogP contribution >= 0.6 is 11.3 Å². The van der Waals surface area contributed by atoms with Crippen LogP contribution in [0.4, 0.5) is 0 Å². The zero-order valence-electron chi connectivity index (χ0n) is 11.3. The van der Waals surface area contributed by atoms with Crippen molar-refractivity contribution in [1.29, 1.82) is 0 Å². The number of carbonyl (C=O) groups excluding carboxylic acids is 1. The Kier molecular flexibility index (Phi) is 3.84. The molecule has 3 rings (SSSR count). The summed E-state index contributed by atoms with van der Waals surface area (Å²) < 4.78 is 5.46. The number of carbonyl (C=O) groups is 1. The van der Waals surface area contributed by atoms with E-state index in [1.54, 1.807) is 17.6 Å². The van der Waals surface area contributed by atoms with Crippen LogP contribution in [0.3, 0.4) is 0 Å². The highest BCUT2D eigenvalue weighted by molar-refractivity contribution is 7.13. The normalized spacial score (nSPS) is 14.7. The van der Waals surface area contributed by atoms with Crippen LogP contribution in [-0.2, 0) is 11.3 Å². The first-order valence-electron chi connectivity index (χ1n) is 6.67. The lowest BCUT2D eigenvalue weighted by atomic mass is 10.4. The molecule has 0 aliphatic heterocycles. The van der Waals surface area contributed by atoms with Crippen molar-refractivity contribution in [2.24, 2.45) is 0 Å². The topological polar surface area (TPSA) is 58.4 Å². The van der Waals surface area contributed by atoms with Crippen LogP contribution in [0.1, 0.15) is 18.5 Å². The SMILES string of the molecule is CN(CC(=O)NC1CC1)Cc1coc(-c2cccs2)n1. The summed E-state index contributed by atoms with van der Waals surface area (Å²) in [6, 6.07) is 4.36. The van der Waals surface area contributed by atoms with Gasteiger partial charge in [0.25, 0.3) is 0 Å². The molecular formula is C14H17N3O2S. The van der Waals surface area contributed by atoms with Crippen LogP contribution in [0.15, 0.2) is 28.2 Å². The summed E-state index contributed by atoms with van der Waals surface area (Å²) in [5.41, 5.74) is 0.843. The van der Waals surface area contributed by atoms with E-state index in [0.29, 0.717) is 25.0 Å². The van der Waals surface area contributed by atoms with E-state index in [9.17, 15) is 4.79 Å². The largest absolute Gasteiger partial charge is 0.444 e. The highest BCUT2D eigenvalue weighted by atomic mass is 32.1. The van der Waals surface area contributed by atoms with Crippen molar-refractivity contribution < 1.29 is 9.21 Å². The lowest BCUT2D eigenvalue weighted by molar-refractivity contribution is -0.122. The van der Waals surface area contributed by atoms with E-state index in [-0.39, 0.29) is 5.91 Å². The molecule has 1 aliphatic rings. The number of hydrogen-bond acceptors (Lipinski definition) is 5. The summed E-state index contributed by atoms with van der Waals surface area (Å²) in [6.07, 6.45) is 3.89. The Morgan fingerprint density at radius 3 is 3.15 bits per heavy atom. The van der Waals surface area contributed by atoms with E-state index >= 15 is 0 Å². The zero-order valence-corrected chi connectivity index (χ0v) is 12.2. The number of oxazole rings is 1. The predicted molar refractivity (Wildman–Crippen MR) is 77.3 cm³/mol. The van der Waals surface area contributed by atoms with Crippen molar-refractivity contribution in [3.63, 3.8) is 0 Å². The van der Waals surface area contributed by atoms with E-state index in [2.05, 4.69) is 10.3 Å². The van der Waals surface area contributed by atoms with Crippen LogP contribution in [0.2, 0.25) is 0 Å². The molecule has 0 radical (unpaired) electrons. The Morgan fingerprint density at radius 2 is 2.45 bits per heavy atom. The minimum absolute atomic E-state index is 0.0805. The fraction of sp³-hybridized carbons (Fsp3) is 0.429. The number of rotatable bonds is 6. The highest BCUT2D eigenvalue weighted by Gasteiger charge is 2.23. The predicted octanol–water partition coefficient (Wildman–Crippen LogP) is 2.11. The number of aromatic nitrogens is 1. The maximum Gasteiger partial charge on any atom is 0.236 e. The van der Waals surface area contributed by atoms with Crippen molar-refractivity contribution in [2.45, 2.75) is 25.4 Å². The molecule has 1 N–H and O–H groups in total. The molecule has 1 aliphatic carbocycles. The quantitative estimate of drug-likeness (QED) is 0.885. The van der Waals surface area contributed by atoms with Gasteiger partial charge in [0, 0.05) is 12.6 Å². The van der Waals surface area contributed by atoms with Crippen molar-refractivity contribution in [3.05, 3.63) is 29.5 Å². The molecular weight excluding hydrogens is 274 g/mol. The molecule has 1 fully saturated rings. The fourth-order valence-corrected chi connectivity index (χ4v) is 2.63. The van der Waals surface area contributed by atoms with Gasteiger partial charge in [0.15, 0.2) is 0 Å². The van der Waals surface area contributed by atoms with E-state index in [0.717, 1.165) is 23.4 Å². The minimum Gasteiger partial charge on any atom is -0.444 e. The molecule has 0 unspecified atom stereocenters. The van der Waals surface area contributed by atoms with Crippen LogP contribution in [0, 0.1) is 0 Å². The summed E-state index contributed by atoms with van der Waals surface area (Å²) >= 11 is 1.60. The van der Waals surface area contributed by atoms with Gasteiger partial charge in [-0.1, -0.05) is 6.07 Å². The Bertz CT molecular complexity index is 575. The monoisotopic (exact) mass is 291 g/mol. The third-order valence-corrected chi connectivity index (χ3v) is 3.93. The molecule has 0 saturated heterocycles. The summed E-state index contributed by atoms with van der Waals surface area (Å²) in [6.45, 7) is 0.991. The van der Waals surface area contributed by atoms with E-state index in [4.69, 9.17) is 4.42 Å². The van der Waals surface area contributed by atoms with E-state index in [1.165, 1.54) is 0 Å². The second kappa shape index (κ2) is 5.76.